The van der Waals surface area contributed by atoms with E-state index in [1.54, 1.807) is 6.07 Å². The Balaban J connectivity index is 2.63. The quantitative estimate of drug-likeness (QED) is 0.442. The number of aromatic nitrogens is 1. The van der Waals surface area contributed by atoms with Crippen molar-refractivity contribution in [3.05, 3.63) is 65.2 Å². The molecule has 3 nitrogen and oxygen atoms in total. The van der Waals surface area contributed by atoms with Crippen LogP contribution in [0.3, 0.4) is 0 Å². The average molecular weight is 284 g/mol. The molecule has 0 saturated carbocycles. The predicted molar refractivity (Wildman–Crippen MR) is 60.7 cm³/mol. The second-order valence-corrected chi connectivity index (χ2v) is 3.89. The summed E-state index contributed by atoms with van der Waals surface area (Å²) in [7, 11) is 0. The molecule has 0 saturated heterocycles. The van der Waals surface area contributed by atoms with E-state index in [-0.39, 0.29) is 0 Å². The number of pyridine rings is 1. The molecule has 0 bridgehead atoms. The Morgan fingerprint density at radius 2 is 1.45 bits per heavy atom. The van der Waals surface area contributed by atoms with E-state index in [2.05, 4.69) is 5.10 Å². The number of halogens is 4. The summed E-state index contributed by atoms with van der Waals surface area (Å²) in [6.45, 7) is 0.809. The van der Waals surface area contributed by atoms with E-state index in [0.717, 1.165) is 11.6 Å². The summed E-state index contributed by atoms with van der Waals surface area (Å²) in [5, 5.41) is 14.4. The lowest BCUT2D eigenvalue weighted by Gasteiger charge is -2.17. The molecule has 0 spiro atoms. The van der Waals surface area contributed by atoms with Crippen molar-refractivity contribution in [2.45, 2.75) is 6.92 Å². The summed E-state index contributed by atoms with van der Waals surface area (Å²) in [5.74, 6) is -8.06. The maximum atomic E-state index is 13.7. The lowest BCUT2D eigenvalue weighted by molar-refractivity contribution is -0.678. The van der Waals surface area contributed by atoms with Gasteiger partial charge in [0.1, 0.15) is 0 Å². The summed E-state index contributed by atoms with van der Waals surface area (Å²) in [4.78, 5) is 0. The Labute approximate surface area is 111 Å². The molecule has 1 aromatic heterocycles. The van der Waals surface area contributed by atoms with Gasteiger partial charge in [-0.05, 0) is 0 Å². The second-order valence-electron chi connectivity index (χ2n) is 3.89. The van der Waals surface area contributed by atoms with E-state index in [1.165, 1.54) is 24.5 Å². The van der Waals surface area contributed by atoms with Crippen molar-refractivity contribution in [3.63, 3.8) is 0 Å². The molecule has 0 aliphatic heterocycles. The first-order chi connectivity index (χ1) is 9.43. The largest absolute Gasteiger partial charge is 0.875 e. The van der Waals surface area contributed by atoms with Crippen LogP contribution in [0, 0.1) is 0 Å². The van der Waals surface area contributed by atoms with Gasteiger partial charge in [-0.3, -0.25) is 0 Å². The maximum absolute atomic E-state index is 13.7. The molecule has 0 radical (unpaired) electrons. The smallest absolute Gasteiger partial charge is 0.208 e. The highest BCUT2D eigenvalue weighted by Gasteiger charge is 2.34. The minimum Gasteiger partial charge on any atom is -0.875 e. The SMILES string of the molecule is CC([O-])=C1C(F)=C(F)C(=N[n+]2ccccc2)C(F)=C1F. The molecule has 0 N–H and O–H groups in total. The van der Waals surface area contributed by atoms with Crippen LogP contribution in [0.25, 0.3) is 0 Å². The van der Waals surface area contributed by atoms with Gasteiger partial charge in [-0.25, -0.2) is 17.6 Å². The Kier molecular flexibility index (Phi) is 3.69. The molecule has 0 amide bonds. The minimum atomic E-state index is -1.76. The van der Waals surface area contributed by atoms with Gasteiger partial charge in [-0.15, -0.1) is 5.76 Å². The Morgan fingerprint density at radius 1 is 0.950 bits per heavy atom. The van der Waals surface area contributed by atoms with Gasteiger partial charge in [0.15, 0.2) is 23.3 Å². The lowest BCUT2D eigenvalue weighted by atomic mass is 10.0. The standard InChI is InChI=1S/C13H8F4N2O/c1-7(20)8-9(14)11(16)13(12(17)10(8)15)18-19-5-3-2-4-6-19/h2-6H,1H3. The van der Waals surface area contributed by atoms with E-state index in [4.69, 9.17) is 0 Å². The number of hydrogen-bond donors (Lipinski definition) is 0. The van der Waals surface area contributed by atoms with Crippen LogP contribution in [-0.2, 0) is 0 Å². The van der Waals surface area contributed by atoms with Gasteiger partial charge in [-0.1, -0.05) is 17.7 Å². The van der Waals surface area contributed by atoms with Gasteiger partial charge in [0, 0.05) is 22.8 Å². The van der Waals surface area contributed by atoms with Crippen molar-refractivity contribution < 1.29 is 27.3 Å². The molecule has 1 heterocycles. The molecule has 0 atom stereocenters. The lowest BCUT2D eigenvalue weighted by Crippen LogP contribution is -2.29. The molecule has 2 rings (SSSR count). The van der Waals surface area contributed by atoms with E-state index < -0.39 is 40.4 Å². The first kappa shape index (κ1) is 14.0. The average Bonchev–Trinajstić information content (AvgIpc) is 2.42. The highest BCUT2D eigenvalue weighted by atomic mass is 19.2. The highest BCUT2D eigenvalue weighted by Crippen LogP contribution is 2.36. The first-order valence-electron chi connectivity index (χ1n) is 5.48. The molecule has 1 aliphatic carbocycles. The molecule has 1 aliphatic rings. The Morgan fingerprint density at radius 3 is 1.90 bits per heavy atom. The Hall–Kier alpha value is -2.44. The summed E-state index contributed by atoms with van der Waals surface area (Å²) < 4.78 is 55.6. The highest BCUT2D eigenvalue weighted by molar-refractivity contribution is 6.12. The van der Waals surface area contributed by atoms with Gasteiger partial charge >= 0.3 is 0 Å². The normalized spacial score (nSPS) is 15.8. The van der Waals surface area contributed by atoms with Crippen LogP contribution < -0.4 is 9.78 Å². The fourth-order valence-corrected chi connectivity index (χ4v) is 1.59. The molecule has 20 heavy (non-hydrogen) atoms. The molecular formula is C13H8F4N2O. The van der Waals surface area contributed by atoms with Gasteiger partial charge in [0.25, 0.3) is 0 Å². The monoisotopic (exact) mass is 284 g/mol. The fraction of sp³-hybridized carbons (Fsp3) is 0.0769. The molecule has 0 unspecified atom stereocenters. The van der Waals surface area contributed by atoms with Crippen LogP contribution >= 0.6 is 0 Å². The third-order valence-electron chi connectivity index (χ3n) is 2.51. The van der Waals surface area contributed by atoms with Crippen molar-refractivity contribution in [2.75, 3.05) is 0 Å². The number of hydrogen-bond acceptors (Lipinski definition) is 2. The fourth-order valence-electron chi connectivity index (χ4n) is 1.59. The summed E-state index contributed by atoms with van der Waals surface area (Å²) in [6.07, 6.45) is 2.65. The topological polar surface area (TPSA) is 39.3 Å². The summed E-state index contributed by atoms with van der Waals surface area (Å²) in [5.41, 5.74) is -2.39. The first-order valence-corrected chi connectivity index (χ1v) is 5.48. The van der Waals surface area contributed by atoms with Crippen LogP contribution in [0.15, 0.2) is 70.3 Å². The van der Waals surface area contributed by atoms with E-state index >= 15 is 0 Å². The number of nitrogens with zero attached hydrogens (tertiary/aromatic N) is 2. The van der Waals surface area contributed by atoms with Crippen molar-refractivity contribution in [1.82, 2.24) is 0 Å². The molecule has 0 fully saturated rings. The van der Waals surface area contributed by atoms with Gasteiger partial charge in [0.05, 0.1) is 0 Å². The summed E-state index contributed by atoms with van der Waals surface area (Å²) in [6, 6.07) is 4.64. The van der Waals surface area contributed by atoms with Crippen molar-refractivity contribution in [2.24, 2.45) is 5.10 Å². The molecular weight excluding hydrogens is 276 g/mol. The van der Waals surface area contributed by atoms with Crippen LogP contribution in [0.2, 0.25) is 0 Å². The molecule has 7 heteroatoms. The van der Waals surface area contributed by atoms with Gasteiger partial charge < -0.3 is 5.11 Å². The molecule has 104 valence electrons. The van der Waals surface area contributed by atoms with Crippen molar-refractivity contribution in [1.29, 1.82) is 0 Å². The van der Waals surface area contributed by atoms with E-state index in [1.807, 2.05) is 0 Å². The zero-order chi connectivity index (χ0) is 14.9. The number of allylic oxidation sites excluding steroid dienone is 6. The zero-order valence-electron chi connectivity index (χ0n) is 10.2. The third kappa shape index (κ3) is 2.34. The van der Waals surface area contributed by atoms with Gasteiger partial charge in [0.2, 0.25) is 18.1 Å². The van der Waals surface area contributed by atoms with E-state index in [9.17, 15) is 22.7 Å². The van der Waals surface area contributed by atoms with Crippen LogP contribution in [0.1, 0.15) is 6.92 Å². The maximum Gasteiger partial charge on any atom is 0.208 e. The van der Waals surface area contributed by atoms with Crippen LogP contribution in [0.5, 0.6) is 0 Å². The van der Waals surface area contributed by atoms with Crippen molar-refractivity contribution in [3.8, 4) is 0 Å². The summed E-state index contributed by atoms with van der Waals surface area (Å²) >= 11 is 0. The number of rotatable bonds is 1. The van der Waals surface area contributed by atoms with E-state index in [0.29, 0.717) is 0 Å². The van der Waals surface area contributed by atoms with Crippen LogP contribution in [0.4, 0.5) is 17.6 Å². The second kappa shape index (κ2) is 5.28. The Bertz CT molecular complexity index is 641. The minimum absolute atomic E-state index is 0.809. The van der Waals surface area contributed by atoms with Crippen LogP contribution in [-0.4, -0.2) is 5.71 Å². The molecule has 0 aromatic carbocycles. The van der Waals surface area contributed by atoms with Crippen molar-refractivity contribution >= 4 is 5.71 Å². The predicted octanol–water partition coefficient (Wildman–Crippen LogP) is 2.13. The van der Waals surface area contributed by atoms with Gasteiger partial charge in [-0.2, -0.15) is 0 Å². The third-order valence-corrected chi connectivity index (χ3v) is 2.51. The zero-order valence-corrected chi connectivity index (χ0v) is 10.2. The molecule has 1 aromatic rings.